The van der Waals surface area contributed by atoms with E-state index in [4.69, 9.17) is 15.1 Å². The summed E-state index contributed by atoms with van der Waals surface area (Å²) in [5.41, 5.74) is 0.587. The fourth-order valence-corrected chi connectivity index (χ4v) is 1.73. The third-order valence-corrected chi connectivity index (χ3v) is 3.04. The summed E-state index contributed by atoms with van der Waals surface area (Å²) in [7, 11) is 3.00. The second kappa shape index (κ2) is 3.35. The Morgan fingerprint density at radius 3 is 2.87 bits per heavy atom. The molecule has 0 atom stereocenters. The summed E-state index contributed by atoms with van der Waals surface area (Å²) >= 11 is 0. The van der Waals surface area contributed by atoms with Crippen LogP contribution in [0.3, 0.4) is 0 Å². The van der Waals surface area contributed by atoms with Gasteiger partial charge in [-0.05, 0) is 6.07 Å². The lowest BCUT2D eigenvalue weighted by molar-refractivity contribution is 0.605. The van der Waals surface area contributed by atoms with Gasteiger partial charge in [0.1, 0.15) is 10.4 Å². The predicted molar refractivity (Wildman–Crippen MR) is 54.4 cm³/mol. The number of hydrogen-bond donors (Lipinski definition) is 1. The number of halogens is 1. The lowest BCUT2D eigenvalue weighted by atomic mass is 10.4. The van der Waals surface area contributed by atoms with E-state index in [1.807, 2.05) is 0 Å². The molecule has 0 aliphatic carbocycles. The van der Waals surface area contributed by atoms with Crippen molar-refractivity contribution in [1.82, 2.24) is 9.97 Å². The monoisotopic (exact) mass is 247 g/mol. The van der Waals surface area contributed by atoms with Crippen molar-refractivity contribution < 1.29 is 12.8 Å². The SMILES string of the molecule is CNc1nc2cc(S(=O)(=O)Cl)cnc2o1. The maximum Gasteiger partial charge on any atom is 0.296 e. The number of pyridine rings is 1. The highest BCUT2D eigenvalue weighted by Crippen LogP contribution is 2.21. The molecule has 2 aromatic heterocycles. The van der Waals surface area contributed by atoms with E-state index in [1.165, 1.54) is 6.07 Å². The minimum absolute atomic E-state index is 0.104. The molecule has 2 aromatic rings. The van der Waals surface area contributed by atoms with E-state index in [0.717, 1.165) is 6.20 Å². The second-order valence-electron chi connectivity index (χ2n) is 2.70. The van der Waals surface area contributed by atoms with E-state index in [0.29, 0.717) is 5.52 Å². The first-order valence-electron chi connectivity index (χ1n) is 3.90. The second-order valence-corrected chi connectivity index (χ2v) is 5.27. The summed E-state index contributed by atoms with van der Waals surface area (Å²) < 4.78 is 27.1. The average Bonchev–Trinajstić information content (AvgIpc) is 2.57. The highest BCUT2D eigenvalue weighted by atomic mass is 35.7. The third-order valence-electron chi connectivity index (χ3n) is 1.72. The van der Waals surface area contributed by atoms with Crippen molar-refractivity contribution in [3.05, 3.63) is 12.3 Å². The van der Waals surface area contributed by atoms with Crippen molar-refractivity contribution in [2.45, 2.75) is 4.90 Å². The number of anilines is 1. The van der Waals surface area contributed by atoms with Crippen molar-refractivity contribution in [3.63, 3.8) is 0 Å². The van der Waals surface area contributed by atoms with Crippen molar-refractivity contribution in [3.8, 4) is 0 Å². The quantitative estimate of drug-likeness (QED) is 0.803. The summed E-state index contributed by atoms with van der Waals surface area (Å²) in [6.07, 6.45) is 1.12. The van der Waals surface area contributed by atoms with Gasteiger partial charge in [-0.25, -0.2) is 13.4 Å². The Hall–Kier alpha value is -1.34. The maximum atomic E-state index is 11.0. The molecule has 8 heteroatoms. The number of rotatable bonds is 2. The van der Waals surface area contributed by atoms with Gasteiger partial charge < -0.3 is 9.73 Å². The topological polar surface area (TPSA) is 85.1 Å². The Morgan fingerprint density at radius 2 is 2.27 bits per heavy atom. The fraction of sp³-hybridized carbons (Fsp3) is 0.143. The molecule has 0 aliphatic heterocycles. The first kappa shape index (κ1) is 10.2. The normalized spacial score (nSPS) is 11.9. The Bertz CT molecular complexity index is 607. The zero-order valence-corrected chi connectivity index (χ0v) is 9.13. The Morgan fingerprint density at radius 1 is 1.53 bits per heavy atom. The molecule has 0 radical (unpaired) electrons. The number of oxazole rings is 1. The number of aromatic nitrogens is 2. The van der Waals surface area contributed by atoms with Crippen LogP contribution in [0.4, 0.5) is 6.01 Å². The number of hydrogen-bond acceptors (Lipinski definition) is 6. The number of nitrogens with zero attached hydrogens (tertiary/aromatic N) is 2. The van der Waals surface area contributed by atoms with Crippen molar-refractivity contribution in [2.75, 3.05) is 12.4 Å². The predicted octanol–water partition coefficient (Wildman–Crippen LogP) is 1.19. The van der Waals surface area contributed by atoms with Crippen LogP contribution in [0.15, 0.2) is 21.6 Å². The zero-order valence-electron chi connectivity index (χ0n) is 7.56. The number of fused-ring (bicyclic) bond motifs is 1. The Labute approximate surface area is 89.7 Å². The molecule has 6 nitrogen and oxygen atoms in total. The van der Waals surface area contributed by atoms with Crippen LogP contribution < -0.4 is 5.32 Å². The van der Waals surface area contributed by atoms with Gasteiger partial charge in [-0.3, -0.25) is 0 Å². The molecule has 0 saturated carbocycles. The molecule has 1 N–H and O–H groups in total. The van der Waals surface area contributed by atoms with Crippen molar-refractivity contribution in [2.24, 2.45) is 0 Å². The molecular weight excluding hydrogens is 242 g/mol. The van der Waals surface area contributed by atoms with Gasteiger partial charge in [0, 0.05) is 17.7 Å². The van der Waals surface area contributed by atoms with E-state index >= 15 is 0 Å². The first-order chi connectivity index (χ1) is 7.00. The summed E-state index contributed by atoms with van der Waals surface area (Å²) in [6, 6.07) is 1.57. The van der Waals surface area contributed by atoms with Crippen LogP contribution in [0, 0.1) is 0 Å². The highest BCUT2D eigenvalue weighted by molar-refractivity contribution is 8.13. The van der Waals surface area contributed by atoms with Crippen LogP contribution in [0.1, 0.15) is 0 Å². The minimum Gasteiger partial charge on any atom is -0.404 e. The zero-order chi connectivity index (χ0) is 11.1. The summed E-state index contributed by atoms with van der Waals surface area (Å²) in [6.45, 7) is 0. The van der Waals surface area contributed by atoms with Crippen molar-refractivity contribution in [1.29, 1.82) is 0 Å². The summed E-state index contributed by atoms with van der Waals surface area (Å²) in [4.78, 5) is 7.62. The molecule has 2 heterocycles. The van der Waals surface area contributed by atoms with Crippen molar-refractivity contribution >= 4 is 37.0 Å². The largest absolute Gasteiger partial charge is 0.404 e. The molecular formula is C7H6ClN3O3S. The molecule has 0 amide bonds. The van der Waals surface area contributed by atoms with E-state index in [2.05, 4.69) is 15.3 Å². The van der Waals surface area contributed by atoms with E-state index in [-0.39, 0.29) is 16.6 Å². The first-order valence-corrected chi connectivity index (χ1v) is 6.20. The fourth-order valence-electron chi connectivity index (χ4n) is 1.04. The molecule has 80 valence electrons. The molecule has 2 rings (SSSR count). The number of nitrogens with one attached hydrogen (secondary N) is 1. The standard InChI is InChI=1S/C7H6ClN3O3S/c1-9-7-11-5-2-4(15(8,12)13)3-10-6(5)14-7/h2-3H,1H3,(H,9,11). The van der Waals surface area contributed by atoms with Crippen LogP contribution in [-0.4, -0.2) is 25.4 Å². The summed E-state index contributed by atoms with van der Waals surface area (Å²) in [5.74, 6) is 0. The molecule has 0 saturated heterocycles. The summed E-state index contributed by atoms with van der Waals surface area (Å²) in [5, 5.41) is 2.67. The minimum atomic E-state index is -3.78. The van der Waals surface area contributed by atoms with Crippen LogP contribution in [0.25, 0.3) is 11.2 Å². The molecule has 0 aromatic carbocycles. The van der Waals surface area contributed by atoms with E-state index < -0.39 is 9.05 Å². The lowest BCUT2D eigenvalue weighted by Crippen LogP contribution is -1.91. The van der Waals surface area contributed by atoms with E-state index in [1.54, 1.807) is 7.05 Å². The van der Waals surface area contributed by atoms with Crippen LogP contribution >= 0.6 is 10.7 Å². The lowest BCUT2D eigenvalue weighted by Gasteiger charge is -1.92. The van der Waals surface area contributed by atoms with Crippen LogP contribution in [-0.2, 0) is 9.05 Å². The Kier molecular flexibility index (Phi) is 2.28. The highest BCUT2D eigenvalue weighted by Gasteiger charge is 2.14. The molecule has 15 heavy (non-hydrogen) atoms. The van der Waals surface area contributed by atoms with Crippen LogP contribution in [0.2, 0.25) is 0 Å². The maximum absolute atomic E-state index is 11.0. The van der Waals surface area contributed by atoms with Crippen LogP contribution in [0.5, 0.6) is 0 Å². The molecule has 0 bridgehead atoms. The molecule has 0 fully saturated rings. The van der Waals surface area contributed by atoms with Gasteiger partial charge in [-0.1, -0.05) is 0 Å². The van der Waals surface area contributed by atoms with Gasteiger partial charge in [-0.15, -0.1) is 0 Å². The van der Waals surface area contributed by atoms with Gasteiger partial charge in [-0.2, -0.15) is 4.98 Å². The van der Waals surface area contributed by atoms with Gasteiger partial charge in [0.2, 0.25) is 5.71 Å². The smallest absolute Gasteiger partial charge is 0.296 e. The van der Waals surface area contributed by atoms with E-state index in [9.17, 15) is 8.42 Å². The Balaban J connectivity index is 2.66. The van der Waals surface area contributed by atoms with Gasteiger partial charge in [0.15, 0.2) is 0 Å². The van der Waals surface area contributed by atoms with Gasteiger partial charge >= 0.3 is 0 Å². The average molecular weight is 248 g/mol. The van der Waals surface area contributed by atoms with Gasteiger partial charge in [0.25, 0.3) is 15.1 Å². The third kappa shape index (κ3) is 1.88. The molecule has 0 spiro atoms. The molecule has 0 aliphatic rings. The molecule has 0 unspecified atom stereocenters. The van der Waals surface area contributed by atoms with Gasteiger partial charge in [0.05, 0.1) is 6.20 Å².